The van der Waals surface area contributed by atoms with Crippen LogP contribution in [0.3, 0.4) is 0 Å². The van der Waals surface area contributed by atoms with Crippen LogP contribution in [0.2, 0.25) is 0 Å². The fourth-order valence-corrected chi connectivity index (χ4v) is 4.89. The number of benzene rings is 1. The molecule has 0 spiro atoms. The van der Waals surface area contributed by atoms with E-state index in [9.17, 15) is 19.7 Å². The summed E-state index contributed by atoms with van der Waals surface area (Å²) < 4.78 is 5.14. The Morgan fingerprint density at radius 1 is 1.12 bits per heavy atom. The number of esters is 1. The number of hydrogen-bond acceptors (Lipinski definition) is 8. The first-order valence-electron chi connectivity index (χ1n) is 14.8. The van der Waals surface area contributed by atoms with E-state index in [1.165, 1.54) is 31.2 Å². The van der Waals surface area contributed by atoms with Crippen LogP contribution >= 0.6 is 0 Å². The largest absolute Gasteiger partial charge is 0.483 e. The molecule has 1 saturated carbocycles. The summed E-state index contributed by atoms with van der Waals surface area (Å²) in [6.07, 6.45) is 10.00. The maximum atomic E-state index is 12.9. The van der Waals surface area contributed by atoms with Crippen LogP contribution in [0.15, 0.2) is 30.3 Å². The fourth-order valence-electron chi connectivity index (χ4n) is 4.89. The second-order valence-electron chi connectivity index (χ2n) is 9.93. The summed E-state index contributed by atoms with van der Waals surface area (Å²) in [5.41, 5.74) is 1.44. The Labute approximate surface area is 245 Å². The number of nitrogens with zero attached hydrogens (tertiary/aromatic N) is 2. The van der Waals surface area contributed by atoms with Gasteiger partial charge in [-0.05, 0) is 63.9 Å². The second-order valence-corrected chi connectivity index (χ2v) is 9.93. The zero-order chi connectivity index (χ0) is 30.9. The molecule has 1 aliphatic carbocycles. The van der Waals surface area contributed by atoms with Gasteiger partial charge >= 0.3 is 5.97 Å². The number of hydrogen-bond donors (Lipinski definition) is 2. The first-order valence-corrected chi connectivity index (χ1v) is 14.8. The molecule has 41 heavy (non-hydrogen) atoms. The Kier molecular flexibility index (Phi) is 22.7. The highest BCUT2D eigenvalue weighted by molar-refractivity contribution is 5.82. The Hall–Kier alpha value is -3.21. The summed E-state index contributed by atoms with van der Waals surface area (Å²) in [6, 6.07) is 10.4. The third-order valence-corrected chi connectivity index (χ3v) is 6.97. The van der Waals surface area contributed by atoms with E-state index < -0.39 is 17.1 Å². The average Bonchev–Trinajstić information content (AvgIpc) is 2.97. The van der Waals surface area contributed by atoms with Crippen molar-refractivity contribution in [2.45, 2.75) is 104 Å². The molecule has 1 aromatic carbocycles. The minimum atomic E-state index is -0.815. The van der Waals surface area contributed by atoms with Crippen molar-refractivity contribution in [3.8, 4) is 0 Å². The highest BCUT2D eigenvalue weighted by Crippen LogP contribution is 2.31. The van der Waals surface area contributed by atoms with E-state index >= 15 is 0 Å². The number of amides is 1. The van der Waals surface area contributed by atoms with Gasteiger partial charge in [0.2, 0.25) is 5.91 Å². The molecule has 1 amide bonds. The predicted molar refractivity (Wildman–Crippen MR) is 158 cm³/mol. The van der Waals surface area contributed by atoms with E-state index in [1.807, 2.05) is 11.8 Å². The molecule has 1 aliphatic rings. The number of ether oxygens (including phenoxy) is 1. The highest BCUT2D eigenvalue weighted by Gasteiger charge is 2.32. The Bertz CT molecular complexity index is 840. The van der Waals surface area contributed by atoms with Crippen LogP contribution in [0.25, 0.3) is 0 Å². The topological polar surface area (TPSA) is 148 Å². The lowest BCUT2D eigenvalue weighted by molar-refractivity contribution is -0.757. The number of carbonyl (C=O) groups excluding carboxylic acids is 2. The SMILES string of the molecule is CCC1CCCCC1N(CC)C(=O)C(C)NCC(=O)OCCCCCO[N+](=O)[O-].CCCc1ccccc1.O=CO. The van der Waals surface area contributed by atoms with Gasteiger partial charge in [0.1, 0.15) is 0 Å². The van der Waals surface area contributed by atoms with Crippen molar-refractivity contribution in [3.05, 3.63) is 46.0 Å². The molecule has 2 rings (SSSR count). The maximum absolute atomic E-state index is 12.9. The van der Waals surface area contributed by atoms with Crippen LogP contribution < -0.4 is 5.32 Å². The number of aryl methyl sites for hydroxylation is 1. The number of nitrogens with one attached hydrogen (secondary N) is 1. The zero-order valence-electron chi connectivity index (χ0n) is 25.3. The van der Waals surface area contributed by atoms with Crippen LogP contribution in [-0.2, 0) is 30.4 Å². The Morgan fingerprint density at radius 2 is 1.76 bits per heavy atom. The molecule has 0 radical (unpaired) electrons. The van der Waals surface area contributed by atoms with Gasteiger partial charge in [-0.1, -0.05) is 69.9 Å². The molecule has 3 unspecified atom stereocenters. The van der Waals surface area contributed by atoms with Crippen LogP contribution in [0.4, 0.5) is 0 Å². The van der Waals surface area contributed by atoms with Gasteiger partial charge in [-0.2, -0.15) is 0 Å². The molecule has 11 nitrogen and oxygen atoms in total. The molecular weight excluding hydrogens is 530 g/mol. The summed E-state index contributed by atoms with van der Waals surface area (Å²) in [4.78, 5) is 49.3. The molecular formula is C30H51N3O8. The van der Waals surface area contributed by atoms with Gasteiger partial charge in [0, 0.05) is 12.6 Å². The van der Waals surface area contributed by atoms with Gasteiger partial charge < -0.3 is 19.6 Å². The van der Waals surface area contributed by atoms with Gasteiger partial charge in [-0.25, -0.2) is 0 Å². The number of unbranched alkanes of at least 4 members (excludes halogenated alkanes) is 2. The van der Waals surface area contributed by atoms with Gasteiger partial charge in [-0.3, -0.25) is 19.7 Å². The number of likely N-dealkylation sites (N-methyl/N-ethyl adjacent to an activating group) is 1. The molecule has 0 aromatic heterocycles. The molecule has 0 bridgehead atoms. The third kappa shape index (κ3) is 18.0. The minimum absolute atomic E-state index is 0.0171. The maximum Gasteiger partial charge on any atom is 0.319 e. The summed E-state index contributed by atoms with van der Waals surface area (Å²) in [7, 11) is 0. The lowest BCUT2D eigenvalue weighted by atomic mass is 9.81. The van der Waals surface area contributed by atoms with Gasteiger partial charge in [0.15, 0.2) is 0 Å². The van der Waals surface area contributed by atoms with Crippen LogP contribution in [0.5, 0.6) is 0 Å². The summed E-state index contributed by atoms with van der Waals surface area (Å²) in [5.74, 6) is 0.190. The number of rotatable bonds is 16. The first kappa shape index (κ1) is 37.8. The van der Waals surface area contributed by atoms with Gasteiger partial charge in [0.25, 0.3) is 11.6 Å². The van der Waals surface area contributed by atoms with E-state index in [0.29, 0.717) is 37.8 Å². The van der Waals surface area contributed by atoms with Crippen LogP contribution in [-0.4, -0.2) is 71.8 Å². The molecule has 2 N–H and O–H groups in total. The monoisotopic (exact) mass is 581 g/mol. The molecule has 0 saturated heterocycles. The van der Waals surface area contributed by atoms with Crippen LogP contribution in [0.1, 0.15) is 91.0 Å². The third-order valence-electron chi connectivity index (χ3n) is 6.97. The lowest BCUT2D eigenvalue weighted by Crippen LogP contribution is -2.52. The van der Waals surface area contributed by atoms with Crippen molar-refractivity contribution >= 4 is 18.3 Å². The Balaban J connectivity index is 0.00000110. The van der Waals surface area contributed by atoms with Crippen molar-refractivity contribution in [2.24, 2.45) is 5.92 Å². The fraction of sp³-hybridized carbons (Fsp3) is 0.700. The molecule has 0 heterocycles. The van der Waals surface area contributed by atoms with Crippen molar-refractivity contribution in [2.75, 3.05) is 26.3 Å². The van der Waals surface area contributed by atoms with Crippen molar-refractivity contribution in [1.82, 2.24) is 10.2 Å². The van der Waals surface area contributed by atoms with Crippen molar-refractivity contribution in [1.29, 1.82) is 0 Å². The lowest BCUT2D eigenvalue weighted by Gasteiger charge is -2.40. The van der Waals surface area contributed by atoms with E-state index in [1.54, 1.807) is 6.92 Å². The van der Waals surface area contributed by atoms with Crippen LogP contribution in [0, 0.1) is 16.0 Å². The molecule has 0 aliphatic heterocycles. The average molecular weight is 582 g/mol. The van der Waals surface area contributed by atoms with Gasteiger partial charge in [-0.15, -0.1) is 10.1 Å². The standard InChI is InChI=1S/C20H37N3O6.C9H12.CH2O2/c1-4-17-11-7-8-12-18(17)22(5-2)20(25)16(3)21-15-19(24)28-13-9-6-10-14-29-23(26)27;1-2-6-9-7-4-3-5-8-9;2-1-3/h16-18,21H,4-15H2,1-3H3;3-5,7-8H,2,6H2,1H3;1H,(H,2,3). The smallest absolute Gasteiger partial charge is 0.319 e. The van der Waals surface area contributed by atoms with E-state index in [-0.39, 0.29) is 32.1 Å². The highest BCUT2D eigenvalue weighted by atomic mass is 16.9. The van der Waals surface area contributed by atoms with E-state index in [2.05, 4.69) is 54.3 Å². The summed E-state index contributed by atoms with van der Waals surface area (Å²) in [5, 5.41) is 19.1. The van der Waals surface area contributed by atoms with Gasteiger partial charge in [0.05, 0.1) is 25.8 Å². The predicted octanol–water partition coefficient (Wildman–Crippen LogP) is 5.04. The molecule has 234 valence electrons. The zero-order valence-corrected chi connectivity index (χ0v) is 25.3. The molecule has 3 atom stereocenters. The van der Waals surface area contributed by atoms with E-state index in [0.717, 1.165) is 19.3 Å². The number of carboxylic acid groups (broad SMARTS) is 1. The normalized spacial score (nSPS) is 16.5. The van der Waals surface area contributed by atoms with E-state index in [4.69, 9.17) is 14.6 Å². The molecule has 11 heteroatoms. The molecule has 1 fully saturated rings. The van der Waals surface area contributed by atoms with Crippen molar-refractivity contribution in [3.63, 3.8) is 0 Å². The van der Waals surface area contributed by atoms with Crippen molar-refractivity contribution < 1.29 is 34.2 Å². The minimum Gasteiger partial charge on any atom is -0.483 e. The summed E-state index contributed by atoms with van der Waals surface area (Å²) >= 11 is 0. The quantitative estimate of drug-likeness (QED) is 0.0900. The second kappa shape index (κ2) is 24.6. The Morgan fingerprint density at radius 3 is 2.34 bits per heavy atom. The molecule has 1 aromatic rings. The number of carbonyl (C=O) groups is 3. The first-order chi connectivity index (χ1) is 19.7. The summed E-state index contributed by atoms with van der Waals surface area (Å²) in [6.45, 7) is 8.90.